The molecule has 1 aromatic rings. The van der Waals surface area contributed by atoms with E-state index in [1.807, 2.05) is 6.07 Å². The Morgan fingerprint density at radius 1 is 1.47 bits per heavy atom. The Morgan fingerprint density at radius 2 is 2.18 bits per heavy atom. The van der Waals surface area contributed by atoms with E-state index in [0.717, 1.165) is 0 Å². The van der Waals surface area contributed by atoms with Crippen molar-refractivity contribution in [3.05, 3.63) is 24.3 Å². The molecule has 0 saturated heterocycles. The molecule has 0 fully saturated rings. The summed E-state index contributed by atoms with van der Waals surface area (Å²) in [7, 11) is -3.54. The minimum atomic E-state index is -3.54. The summed E-state index contributed by atoms with van der Waals surface area (Å²) < 4.78 is 25.6. The van der Waals surface area contributed by atoms with Crippen molar-refractivity contribution < 1.29 is 8.42 Å². The fourth-order valence-electron chi connectivity index (χ4n) is 1.45. The number of sulfonamides is 1. The Bertz CT molecular complexity index is 520. The minimum absolute atomic E-state index is 0.164. The van der Waals surface area contributed by atoms with Gasteiger partial charge >= 0.3 is 0 Å². The highest BCUT2D eigenvalue weighted by Crippen LogP contribution is 2.17. The van der Waals surface area contributed by atoms with Crippen LogP contribution in [-0.4, -0.2) is 25.8 Å². The van der Waals surface area contributed by atoms with Crippen LogP contribution in [0, 0.1) is 11.3 Å². The molecule has 0 aliphatic heterocycles. The summed E-state index contributed by atoms with van der Waals surface area (Å²) in [6.45, 7) is 2.27. The van der Waals surface area contributed by atoms with Gasteiger partial charge in [0.25, 0.3) is 0 Å². The van der Waals surface area contributed by atoms with Crippen molar-refractivity contribution in [1.29, 1.82) is 5.26 Å². The Morgan fingerprint density at radius 3 is 2.71 bits per heavy atom. The van der Waals surface area contributed by atoms with Crippen LogP contribution in [0.25, 0.3) is 0 Å². The fourth-order valence-corrected chi connectivity index (χ4v) is 2.95. The highest BCUT2D eigenvalue weighted by atomic mass is 32.2. The van der Waals surface area contributed by atoms with Crippen molar-refractivity contribution in [3.8, 4) is 6.07 Å². The second-order valence-electron chi connectivity index (χ2n) is 3.48. The molecule has 92 valence electrons. The minimum Gasteiger partial charge on any atom is -0.399 e. The van der Waals surface area contributed by atoms with Crippen LogP contribution in [-0.2, 0) is 10.0 Å². The van der Waals surface area contributed by atoms with Gasteiger partial charge in [-0.15, -0.1) is 0 Å². The average Bonchev–Trinajstić information content (AvgIpc) is 2.30. The molecule has 0 amide bonds. The molecule has 1 rings (SSSR count). The zero-order chi connectivity index (χ0) is 12.9. The van der Waals surface area contributed by atoms with Crippen LogP contribution < -0.4 is 5.73 Å². The van der Waals surface area contributed by atoms with Crippen molar-refractivity contribution >= 4 is 15.7 Å². The molecule has 6 heteroatoms. The lowest BCUT2D eigenvalue weighted by atomic mass is 10.3. The number of benzene rings is 1. The molecule has 5 nitrogen and oxygen atoms in total. The van der Waals surface area contributed by atoms with Crippen LogP contribution in [0.1, 0.15) is 13.3 Å². The van der Waals surface area contributed by atoms with Gasteiger partial charge in [-0.05, 0) is 18.2 Å². The largest absolute Gasteiger partial charge is 0.399 e. The summed E-state index contributed by atoms with van der Waals surface area (Å²) in [4.78, 5) is 0.164. The molecule has 0 spiro atoms. The standard InChI is InChI=1S/C11H15N3O2S/c1-2-14(8-4-7-12)17(15,16)11-6-3-5-10(13)9-11/h3,5-6,9H,2,4,8,13H2,1H3. The van der Waals surface area contributed by atoms with Gasteiger partial charge in [0.1, 0.15) is 0 Å². The second-order valence-corrected chi connectivity index (χ2v) is 5.42. The molecule has 0 aliphatic carbocycles. The van der Waals surface area contributed by atoms with Crippen molar-refractivity contribution in [2.45, 2.75) is 18.2 Å². The van der Waals surface area contributed by atoms with E-state index >= 15 is 0 Å². The topological polar surface area (TPSA) is 87.2 Å². The number of hydrogen-bond acceptors (Lipinski definition) is 4. The summed E-state index contributed by atoms with van der Waals surface area (Å²) in [6, 6.07) is 8.09. The number of hydrogen-bond donors (Lipinski definition) is 1. The van der Waals surface area contributed by atoms with E-state index < -0.39 is 10.0 Å². The van der Waals surface area contributed by atoms with Crippen LogP contribution in [0.4, 0.5) is 5.69 Å². The Kier molecular flexibility index (Phi) is 4.49. The van der Waals surface area contributed by atoms with E-state index in [1.54, 1.807) is 19.1 Å². The molecule has 0 unspecified atom stereocenters. The Balaban J connectivity index is 3.05. The van der Waals surface area contributed by atoms with Crippen molar-refractivity contribution in [2.24, 2.45) is 0 Å². The van der Waals surface area contributed by atoms with Crippen LogP contribution in [0.15, 0.2) is 29.2 Å². The monoisotopic (exact) mass is 253 g/mol. The third-order valence-electron chi connectivity index (χ3n) is 2.32. The number of anilines is 1. The van der Waals surface area contributed by atoms with Gasteiger partial charge in [-0.2, -0.15) is 9.57 Å². The number of nitrogen functional groups attached to an aromatic ring is 1. The molecule has 0 aromatic heterocycles. The zero-order valence-electron chi connectivity index (χ0n) is 9.63. The van der Waals surface area contributed by atoms with Gasteiger partial charge in [0.05, 0.1) is 11.0 Å². The number of nitrogens with zero attached hydrogens (tertiary/aromatic N) is 2. The summed E-state index contributed by atoms with van der Waals surface area (Å²) in [6.07, 6.45) is 0.176. The van der Waals surface area contributed by atoms with Crippen molar-refractivity contribution in [3.63, 3.8) is 0 Å². The molecule has 0 heterocycles. The third kappa shape index (κ3) is 3.19. The molecular weight excluding hydrogens is 238 g/mol. The molecule has 1 aromatic carbocycles. The summed E-state index contributed by atoms with van der Waals surface area (Å²) in [5.74, 6) is 0. The molecule has 2 N–H and O–H groups in total. The van der Waals surface area contributed by atoms with Crippen molar-refractivity contribution in [2.75, 3.05) is 18.8 Å². The highest BCUT2D eigenvalue weighted by molar-refractivity contribution is 7.89. The first-order valence-electron chi connectivity index (χ1n) is 5.25. The normalized spacial score (nSPS) is 11.4. The quantitative estimate of drug-likeness (QED) is 0.798. The Hall–Kier alpha value is -1.58. The van der Waals surface area contributed by atoms with E-state index in [-0.39, 0.29) is 17.9 Å². The SMILES string of the molecule is CCN(CCC#N)S(=O)(=O)c1cccc(N)c1. The Labute approximate surface area is 102 Å². The van der Waals surface area contributed by atoms with Gasteiger partial charge < -0.3 is 5.73 Å². The summed E-state index contributed by atoms with van der Waals surface area (Å²) in [5.41, 5.74) is 5.97. The molecule has 17 heavy (non-hydrogen) atoms. The maximum absolute atomic E-state index is 12.2. The first-order chi connectivity index (χ1) is 8.02. The van der Waals surface area contributed by atoms with Crippen LogP contribution >= 0.6 is 0 Å². The average molecular weight is 253 g/mol. The van der Waals surface area contributed by atoms with Gasteiger partial charge in [-0.1, -0.05) is 13.0 Å². The van der Waals surface area contributed by atoms with Crippen molar-refractivity contribution in [1.82, 2.24) is 4.31 Å². The molecule has 0 saturated carbocycles. The lowest BCUT2D eigenvalue weighted by Crippen LogP contribution is -2.31. The first kappa shape index (κ1) is 13.5. The molecule has 0 aliphatic rings. The van der Waals surface area contributed by atoms with E-state index in [0.29, 0.717) is 12.2 Å². The maximum Gasteiger partial charge on any atom is 0.243 e. The fraction of sp³-hybridized carbons (Fsp3) is 0.364. The van der Waals surface area contributed by atoms with Crippen LogP contribution in [0.2, 0.25) is 0 Å². The predicted molar refractivity (Wildman–Crippen MR) is 65.5 cm³/mol. The van der Waals surface area contributed by atoms with Gasteiger partial charge in [-0.25, -0.2) is 8.42 Å². The number of nitriles is 1. The summed E-state index contributed by atoms with van der Waals surface area (Å²) >= 11 is 0. The van der Waals surface area contributed by atoms with Gasteiger partial charge in [-0.3, -0.25) is 0 Å². The van der Waals surface area contributed by atoms with E-state index in [9.17, 15) is 8.42 Å². The molecule has 0 bridgehead atoms. The predicted octanol–water partition coefficient (Wildman–Crippen LogP) is 1.19. The lowest BCUT2D eigenvalue weighted by Gasteiger charge is -2.19. The van der Waals surface area contributed by atoms with Crippen LogP contribution in [0.5, 0.6) is 0 Å². The van der Waals surface area contributed by atoms with Gasteiger partial charge in [0, 0.05) is 25.2 Å². The number of rotatable bonds is 5. The zero-order valence-corrected chi connectivity index (χ0v) is 10.4. The molecule has 0 radical (unpaired) electrons. The molecular formula is C11H15N3O2S. The highest BCUT2D eigenvalue weighted by Gasteiger charge is 2.22. The third-order valence-corrected chi connectivity index (χ3v) is 4.29. The van der Waals surface area contributed by atoms with E-state index in [1.165, 1.54) is 16.4 Å². The summed E-state index contributed by atoms with van der Waals surface area (Å²) in [5, 5.41) is 8.50. The van der Waals surface area contributed by atoms with Gasteiger partial charge in [0.2, 0.25) is 10.0 Å². The smallest absolute Gasteiger partial charge is 0.243 e. The van der Waals surface area contributed by atoms with E-state index in [2.05, 4.69) is 0 Å². The first-order valence-corrected chi connectivity index (χ1v) is 6.69. The van der Waals surface area contributed by atoms with Gasteiger partial charge in [0.15, 0.2) is 0 Å². The van der Waals surface area contributed by atoms with Crippen LogP contribution in [0.3, 0.4) is 0 Å². The van der Waals surface area contributed by atoms with E-state index in [4.69, 9.17) is 11.0 Å². The number of nitrogens with two attached hydrogens (primary N) is 1. The second kappa shape index (κ2) is 5.66. The lowest BCUT2D eigenvalue weighted by molar-refractivity contribution is 0.435. The molecule has 0 atom stereocenters. The maximum atomic E-state index is 12.2.